The van der Waals surface area contributed by atoms with Crippen molar-refractivity contribution in [2.45, 2.75) is 82.9 Å². The summed E-state index contributed by atoms with van der Waals surface area (Å²) in [7, 11) is 4.73. The predicted molar refractivity (Wildman–Crippen MR) is 275 cm³/mol. The van der Waals surface area contributed by atoms with E-state index in [2.05, 4.69) is 34.5 Å². The summed E-state index contributed by atoms with van der Waals surface area (Å²) >= 11 is 0. The Hall–Kier alpha value is -6.99. The maximum Gasteiger partial charge on any atom is 0.260 e. The maximum absolute atomic E-state index is 14.3. The lowest BCUT2D eigenvalue weighted by Gasteiger charge is -2.30. The third kappa shape index (κ3) is 10.7. The fourth-order valence-corrected chi connectivity index (χ4v) is 10.9. The Balaban J connectivity index is 0.935. The molecule has 3 saturated heterocycles. The van der Waals surface area contributed by atoms with E-state index in [0.29, 0.717) is 91.6 Å². The molecule has 18 heteroatoms. The highest BCUT2D eigenvalue weighted by Gasteiger charge is 2.44. The largest absolute Gasteiger partial charge is 0.493 e. The minimum absolute atomic E-state index is 0.0237. The Morgan fingerprint density at radius 2 is 1.45 bits per heavy atom. The predicted octanol–water partition coefficient (Wildman–Crippen LogP) is 7.10. The van der Waals surface area contributed by atoms with Crippen LogP contribution in [0.15, 0.2) is 95.2 Å². The molecule has 74 heavy (non-hydrogen) atoms. The van der Waals surface area contributed by atoms with E-state index in [4.69, 9.17) is 43.0 Å². The number of nitrogens with one attached hydrogen (secondary N) is 1. The van der Waals surface area contributed by atoms with Gasteiger partial charge < -0.3 is 53.2 Å². The molecule has 10 rings (SSSR count). The van der Waals surface area contributed by atoms with Crippen LogP contribution in [0.2, 0.25) is 0 Å². The summed E-state index contributed by atoms with van der Waals surface area (Å²) in [6, 6.07) is 13.0. The van der Waals surface area contributed by atoms with Crippen LogP contribution in [0, 0.1) is 5.92 Å². The van der Waals surface area contributed by atoms with Gasteiger partial charge >= 0.3 is 0 Å². The molecule has 5 aliphatic heterocycles. The number of carbonyl (C=O) groups excluding carboxylic acids is 4. The summed E-state index contributed by atoms with van der Waals surface area (Å²) < 4.78 is 41.7. The number of rotatable bonds is 22. The number of benzene rings is 3. The van der Waals surface area contributed by atoms with Crippen molar-refractivity contribution in [3.8, 4) is 23.0 Å². The molecule has 5 heterocycles. The summed E-state index contributed by atoms with van der Waals surface area (Å²) in [5, 5.41) is 4.42. The van der Waals surface area contributed by atoms with Crippen LogP contribution in [-0.4, -0.2) is 143 Å². The van der Waals surface area contributed by atoms with Gasteiger partial charge in [-0.05, 0) is 85.7 Å². The van der Waals surface area contributed by atoms with Crippen LogP contribution in [0.3, 0.4) is 0 Å². The second-order valence-electron chi connectivity index (χ2n) is 19.4. The zero-order valence-corrected chi connectivity index (χ0v) is 42.4. The average Bonchev–Trinajstić information content (AvgIpc) is 4.03. The molecule has 3 fully saturated rings. The first-order valence-electron chi connectivity index (χ1n) is 25.5. The number of fused-ring (bicyclic) bond motifs is 8. The fraction of sp³-hybridized carbons (Fsp3) is 0.446. The van der Waals surface area contributed by atoms with Crippen LogP contribution in [0.4, 0.5) is 17.1 Å². The SMILES string of the molecule is COCCOCCOCCN(CC(C)ON1C(=O)CCC1=O)c1cc(COc2cc3c(cc2OC)C(=O)N2C4=CC=CCC4CC2C=N3)cc(COc2cc3c(cc2OC)C(=O)N2C4CC=CC=C4C[C@H]2CN3)c1. The number of amides is 4. The smallest absolute Gasteiger partial charge is 0.260 e. The molecule has 5 atom stereocenters. The van der Waals surface area contributed by atoms with Crippen LogP contribution < -0.4 is 29.2 Å². The first kappa shape index (κ1) is 50.5. The molecule has 0 bridgehead atoms. The van der Waals surface area contributed by atoms with Crippen LogP contribution in [0.1, 0.15) is 77.3 Å². The van der Waals surface area contributed by atoms with Gasteiger partial charge in [0.05, 0.1) is 87.9 Å². The average molecular weight is 1010 g/mol. The summed E-state index contributed by atoms with van der Waals surface area (Å²) in [6.07, 6.45) is 17.3. The fourth-order valence-electron chi connectivity index (χ4n) is 10.9. The third-order valence-electron chi connectivity index (χ3n) is 14.5. The number of imide groups is 1. The Labute approximate surface area is 431 Å². The van der Waals surface area contributed by atoms with E-state index in [9.17, 15) is 19.2 Å². The molecule has 1 N–H and O–H groups in total. The molecule has 2 aliphatic carbocycles. The molecule has 390 valence electrons. The number of anilines is 2. The lowest BCUT2D eigenvalue weighted by molar-refractivity contribution is -0.199. The van der Waals surface area contributed by atoms with Gasteiger partial charge in [-0.15, -0.1) is 0 Å². The minimum Gasteiger partial charge on any atom is -0.493 e. The number of hydroxylamine groups is 2. The van der Waals surface area contributed by atoms with E-state index >= 15 is 0 Å². The molecule has 4 unspecified atom stereocenters. The van der Waals surface area contributed by atoms with E-state index in [-0.39, 0.29) is 80.3 Å². The topological polar surface area (TPSA) is 179 Å². The van der Waals surface area contributed by atoms with Crippen LogP contribution in [-0.2, 0) is 41.9 Å². The molecule has 3 aromatic rings. The highest BCUT2D eigenvalue weighted by molar-refractivity contribution is 6.05. The van der Waals surface area contributed by atoms with Crippen molar-refractivity contribution in [3.63, 3.8) is 0 Å². The monoisotopic (exact) mass is 1010 g/mol. The summed E-state index contributed by atoms with van der Waals surface area (Å²) in [6.45, 7) is 5.26. The van der Waals surface area contributed by atoms with Crippen LogP contribution >= 0.6 is 0 Å². The lowest BCUT2D eigenvalue weighted by Crippen LogP contribution is -2.42. The van der Waals surface area contributed by atoms with Crippen molar-refractivity contribution in [2.75, 3.05) is 84.2 Å². The normalized spacial score (nSPS) is 21.6. The van der Waals surface area contributed by atoms with Crippen molar-refractivity contribution >= 4 is 46.9 Å². The summed E-state index contributed by atoms with van der Waals surface area (Å²) in [4.78, 5) is 70.4. The molecular formula is C56H64N6O12. The number of allylic oxidation sites excluding steroid dienone is 6. The van der Waals surface area contributed by atoms with Crippen molar-refractivity contribution in [1.29, 1.82) is 0 Å². The number of aliphatic imine (C=N–C) groups is 1. The number of nitrogens with zero attached hydrogens (tertiary/aromatic N) is 5. The zero-order chi connectivity index (χ0) is 51.3. The van der Waals surface area contributed by atoms with Gasteiger partial charge in [0.25, 0.3) is 23.6 Å². The number of ether oxygens (including phenoxy) is 7. The second kappa shape index (κ2) is 22.6. The minimum atomic E-state index is -0.593. The van der Waals surface area contributed by atoms with Crippen LogP contribution in [0.25, 0.3) is 0 Å². The summed E-state index contributed by atoms with van der Waals surface area (Å²) in [5.41, 5.74) is 6.72. The number of hydrogen-bond donors (Lipinski definition) is 1. The Bertz CT molecular complexity index is 2790. The highest BCUT2D eigenvalue weighted by Crippen LogP contribution is 2.45. The van der Waals surface area contributed by atoms with E-state index in [1.165, 1.54) is 5.57 Å². The van der Waals surface area contributed by atoms with Crippen LogP contribution in [0.5, 0.6) is 23.0 Å². The Morgan fingerprint density at radius 1 is 0.757 bits per heavy atom. The molecule has 0 spiro atoms. The van der Waals surface area contributed by atoms with Gasteiger partial charge in [-0.1, -0.05) is 30.4 Å². The van der Waals surface area contributed by atoms with Crippen molar-refractivity contribution < 1.29 is 57.2 Å². The van der Waals surface area contributed by atoms with E-state index in [1.807, 2.05) is 59.4 Å². The first-order chi connectivity index (χ1) is 36.1. The van der Waals surface area contributed by atoms with Gasteiger partial charge in [0.15, 0.2) is 23.0 Å². The van der Waals surface area contributed by atoms with Gasteiger partial charge in [-0.25, -0.2) is 0 Å². The molecular weight excluding hydrogens is 949 g/mol. The number of methoxy groups -OCH3 is 3. The summed E-state index contributed by atoms with van der Waals surface area (Å²) in [5.74, 6) is 1.01. The quantitative estimate of drug-likeness (QED) is 0.0796. The van der Waals surface area contributed by atoms with Gasteiger partial charge in [-0.2, -0.15) is 5.06 Å². The van der Waals surface area contributed by atoms with Gasteiger partial charge in [0.1, 0.15) is 19.3 Å². The number of carbonyl (C=O) groups is 4. The van der Waals surface area contributed by atoms with Gasteiger partial charge in [-0.3, -0.25) is 29.0 Å². The van der Waals surface area contributed by atoms with E-state index in [1.54, 1.807) is 39.5 Å². The lowest BCUT2D eigenvalue weighted by atomic mass is 9.95. The molecule has 18 nitrogen and oxygen atoms in total. The highest BCUT2D eigenvalue weighted by atomic mass is 16.7. The van der Waals surface area contributed by atoms with Crippen molar-refractivity contribution in [2.24, 2.45) is 10.9 Å². The Kier molecular flexibility index (Phi) is 15.5. The van der Waals surface area contributed by atoms with Gasteiger partial charge in [0, 0.05) is 75.2 Å². The standard InChI is InChI=1S/C56H64N6O12/c1-35(74-62-53(63)13-14-54(62)64)32-59(15-16-70-19-20-71-18-17-67-2)40-22-36(33-72-51-28-45-43(26-49(51)68-3)55(65)60-41(30-57-45)24-38-9-5-7-11-47(38)60)21-37(23-40)34-73-52-29-46-44(27-50(52)69-4)56(66)61-42(31-58-46)25-39-10-6-8-12-48(39)61/h5-9,12,21-23,26-29,31,35,39,41-42,47,57H,10-11,13-20,24-25,30,32-34H2,1-4H3/t35?,39?,41-,42?,47?/m0/s1. The molecule has 3 aromatic carbocycles. The maximum atomic E-state index is 14.3. The Morgan fingerprint density at radius 3 is 2.19 bits per heavy atom. The van der Waals surface area contributed by atoms with Crippen molar-refractivity contribution in [1.82, 2.24) is 14.9 Å². The number of hydrogen-bond acceptors (Lipinski definition) is 15. The third-order valence-corrected chi connectivity index (χ3v) is 14.5. The molecule has 0 aromatic heterocycles. The zero-order valence-electron chi connectivity index (χ0n) is 42.4. The van der Waals surface area contributed by atoms with E-state index < -0.39 is 6.10 Å². The molecule has 7 aliphatic rings. The molecule has 4 amide bonds. The second-order valence-corrected chi connectivity index (χ2v) is 19.4. The molecule has 0 saturated carbocycles. The molecule has 0 radical (unpaired) electrons. The van der Waals surface area contributed by atoms with Crippen molar-refractivity contribution in [3.05, 3.63) is 112 Å². The van der Waals surface area contributed by atoms with E-state index in [0.717, 1.165) is 53.3 Å². The first-order valence-corrected chi connectivity index (χ1v) is 25.5. The van der Waals surface area contributed by atoms with Gasteiger partial charge in [0.2, 0.25) is 0 Å².